The van der Waals surface area contributed by atoms with Gasteiger partial charge in [0.05, 0.1) is 5.75 Å². The van der Waals surface area contributed by atoms with E-state index >= 15 is 0 Å². The Morgan fingerprint density at radius 1 is 1.31 bits per heavy atom. The summed E-state index contributed by atoms with van der Waals surface area (Å²) < 4.78 is 26.2. The smallest absolute Gasteiger partial charge is 0.211 e. The molecule has 0 aromatic rings. The molecule has 0 radical (unpaired) electrons. The van der Waals surface area contributed by atoms with Crippen molar-refractivity contribution in [1.82, 2.24) is 9.62 Å². The quantitative estimate of drug-likeness (QED) is 0.680. The SMILES string of the molecule is O=S(=O)(CCCO)NC1CN2CCC1CC2. The van der Waals surface area contributed by atoms with Crippen molar-refractivity contribution in [3.63, 3.8) is 0 Å². The Bertz CT molecular complexity index is 323. The molecule has 3 aliphatic heterocycles. The van der Waals surface area contributed by atoms with Crippen LogP contribution < -0.4 is 4.72 Å². The molecule has 0 aromatic heterocycles. The molecule has 6 heteroatoms. The second kappa shape index (κ2) is 5.00. The average molecular weight is 248 g/mol. The second-order valence-electron chi connectivity index (χ2n) is 4.76. The molecule has 5 nitrogen and oxygen atoms in total. The van der Waals surface area contributed by atoms with Crippen molar-refractivity contribution in [1.29, 1.82) is 0 Å². The molecule has 3 aliphatic rings. The topological polar surface area (TPSA) is 69.6 Å². The van der Waals surface area contributed by atoms with Crippen LogP contribution in [-0.4, -0.2) is 56.5 Å². The van der Waals surface area contributed by atoms with Gasteiger partial charge < -0.3 is 10.0 Å². The van der Waals surface area contributed by atoms with Crippen LogP contribution in [0.2, 0.25) is 0 Å². The first-order chi connectivity index (χ1) is 7.61. The Hall–Kier alpha value is -0.170. The van der Waals surface area contributed by atoms with Crippen molar-refractivity contribution in [3.05, 3.63) is 0 Å². The number of nitrogens with zero attached hydrogens (tertiary/aromatic N) is 1. The van der Waals surface area contributed by atoms with Crippen LogP contribution in [0.3, 0.4) is 0 Å². The van der Waals surface area contributed by atoms with Gasteiger partial charge in [0.15, 0.2) is 0 Å². The van der Waals surface area contributed by atoms with E-state index in [1.165, 1.54) is 0 Å². The van der Waals surface area contributed by atoms with E-state index in [0.29, 0.717) is 12.3 Å². The minimum Gasteiger partial charge on any atom is -0.396 e. The van der Waals surface area contributed by atoms with Gasteiger partial charge in [0.2, 0.25) is 10.0 Å². The van der Waals surface area contributed by atoms with Gasteiger partial charge in [0, 0.05) is 19.2 Å². The van der Waals surface area contributed by atoms with Gasteiger partial charge in [-0.3, -0.25) is 0 Å². The summed E-state index contributed by atoms with van der Waals surface area (Å²) >= 11 is 0. The molecule has 3 fully saturated rings. The van der Waals surface area contributed by atoms with E-state index in [9.17, 15) is 8.42 Å². The van der Waals surface area contributed by atoms with E-state index in [4.69, 9.17) is 5.11 Å². The first-order valence-electron chi connectivity index (χ1n) is 5.94. The maximum Gasteiger partial charge on any atom is 0.211 e. The lowest BCUT2D eigenvalue weighted by molar-refractivity contribution is 0.0827. The zero-order chi connectivity index (χ0) is 11.6. The highest BCUT2D eigenvalue weighted by atomic mass is 32.2. The molecule has 0 aliphatic carbocycles. The molecule has 3 heterocycles. The number of fused-ring (bicyclic) bond motifs is 3. The van der Waals surface area contributed by atoms with Crippen molar-refractivity contribution in [2.45, 2.75) is 25.3 Å². The lowest BCUT2D eigenvalue weighted by Crippen LogP contribution is -2.57. The maximum absolute atomic E-state index is 11.7. The molecule has 0 spiro atoms. The van der Waals surface area contributed by atoms with Crippen molar-refractivity contribution in [2.24, 2.45) is 5.92 Å². The predicted molar refractivity (Wildman–Crippen MR) is 61.6 cm³/mol. The summed E-state index contributed by atoms with van der Waals surface area (Å²) in [4.78, 5) is 2.32. The van der Waals surface area contributed by atoms with Gasteiger partial charge >= 0.3 is 0 Å². The first kappa shape index (κ1) is 12.3. The summed E-state index contributed by atoms with van der Waals surface area (Å²) in [6.45, 7) is 3.00. The number of nitrogens with one attached hydrogen (secondary N) is 1. The Balaban J connectivity index is 1.89. The average Bonchev–Trinajstić information content (AvgIpc) is 2.27. The normalized spacial score (nSPS) is 34.2. The molecule has 94 valence electrons. The fourth-order valence-corrected chi connectivity index (χ4v) is 4.00. The predicted octanol–water partition coefficient (Wildman–Crippen LogP) is -0.618. The van der Waals surface area contributed by atoms with Crippen LogP contribution in [0, 0.1) is 5.92 Å². The van der Waals surface area contributed by atoms with Gasteiger partial charge in [-0.2, -0.15) is 0 Å². The first-order valence-corrected chi connectivity index (χ1v) is 7.59. The minimum atomic E-state index is -3.20. The standard InChI is InChI=1S/C10H20N2O3S/c13-6-1-7-16(14,15)11-10-8-12-4-2-9(10)3-5-12/h9-11,13H,1-8H2. The Kier molecular flexibility index (Phi) is 3.84. The van der Waals surface area contributed by atoms with Gasteiger partial charge in [-0.15, -0.1) is 0 Å². The number of piperidine rings is 3. The molecule has 1 atom stereocenters. The summed E-state index contributed by atoms with van der Waals surface area (Å²) in [5, 5.41) is 8.64. The third kappa shape index (κ3) is 2.94. The largest absolute Gasteiger partial charge is 0.396 e. The molecule has 0 amide bonds. The number of aliphatic hydroxyl groups excluding tert-OH is 1. The van der Waals surface area contributed by atoms with E-state index in [1.54, 1.807) is 0 Å². The zero-order valence-electron chi connectivity index (χ0n) is 9.43. The van der Waals surface area contributed by atoms with Gasteiger partial charge in [-0.05, 0) is 38.3 Å². The number of hydrogen-bond acceptors (Lipinski definition) is 4. The molecule has 2 bridgehead atoms. The molecule has 3 rings (SSSR count). The number of sulfonamides is 1. The minimum absolute atomic E-state index is 0.0344. The molecular weight excluding hydrogens is 228 g/mol. The fourth-order valence-electron chi connectivity index (χ4n) is 2.64. The van der Waals surface area contributed by atoms with Crippen LogP contribution in [0.4, 0.5) is 0 Å². The highest BCUT2D eigenvalue weighted by molar-refractivity contribution is 7.89. The van der Waals surface area contributed by atoms with Gasteiger partial charge in [0.1, 0.15) is 0 Å². The van der Waals surface area contributed by atoms with Gasteiger partial charge in [-0.1, -0.05) is 0 Å². The summed E-state index contributed by atoms with van der Waals surface area (Å²) in [6, 6.07) is 0.0891. The van der Waals surface area contributed by atoms with Gasteiger partial charge in [-0.25, -0.2) is 13.1 Å². The summed E-state index contributed by atoms with van der Waals surface area (Å²) in [6.07, 6.45) is 2.52. The maximum atomic E-state index is 11.7. The highest BCUT2D eigenvalue weighted by Gasteiger charge is 2.35. The lowest BCUT2D eigenvalue weighted by atomic mass is 9.85. The van der Waals surface area contributed by atoms with Gasteiger partial charge in [0.25, 0.3) is 0 Å². The van der Waals surface area contributed by atoms with Crippen LogP contribution in [0.15, 0.2) is 0 Å². The van der Waals surface area contributed by atoms with E-state index < -0.39 is 10.0 Å². The molecule has 16 heavy (non-hydrogen) atoms. The second-order valence-corrected chi connectivity index (χ2v) is 6.63. The van der Waals surface area contributed by atoms with Crippen LogP contribution >= 0.6 is 0 Å². The van der Waals surface area contributed by atoms with E-state index in [1.807, 2.05) is 0 Å². The van der Waals surface area contributed by atoms with Crippen molar-refractivity contribution in [2.75, 3.05) is 32.0 Å². The highest BCUT2D eigenvalue weighted by Crippen LogP contribution is 2.27. The van der Waals surface area contributed by atoms with E-state index in [2.05, 4.69) is 9.62 Å². The third-order valence-electron chi connectivity index (χ3n) is 3.56. The molecule has 0 saturated carbocycles. The molecule has 1 unspecified atom stereocenters. The number of aliphatic hydroxyl groups is 1. The van der Waals surface area contributed by atoms with Crippen molar-refractivity contribution < 1.29 is 13.5 Å². The van der Waals surface area contributed by atoms with Crippen LogP contribution in [0.5, 0.6) is 0 Å². The molecular formula is C10H20N2O3S. The van der Waals surface area contributed by atoms with Crippen LogP contribution in [-0.2, 0) is 10.0 Å². The fraction of sp³-hybridized carbons (Fsp3) is 1.00. The number of rotatable bonds is 5. The molecule has 3 saturated heterocycles. The van der Waals surface area contributed by atoms with E-state index in [0.717, 1.165) is 32.5 Å². The van der Waals surface area contributed by atoms with Crippen LogP contribution in [0.1, 0.15) is 19.3 Å². The van der Waals surface area contributed by atoms with Crippen LogP contribution in [0.25, 0.3) is 0 Å². The van der Waals surface area contributed by atoms with Crippen molar-refractivity contribution >= 4 is 10.0 Å². The Morgan fingerprint density at radius 3 is 2.50 bits per heavy atom. The lowest BCUT2D eigenvalue weighted by Gasteiger charge is -2.44. The number of hydrogen-bond donors (Lipinski definition) is 2. The molecule has 2 N–H and O–H groups in total. The van der Waals surface area contributed by atoms with Crippen molar-refractivity contribution in [3.8, 4) is 0 Å². The summed E-state index contributed by atoms with van der Waals surface area (Å²) in [5.74, 6) is 0.543. The summed E-state index contributed by atoms with van der Waals surface area (Å²) in [5.41, 5.74) is 0. The van der Waals surface area contributed by atoms with E-state index in [-0.39, 0.29) is 18.4 Å². The Morgan fingerprint density at radius 2 is 2.00 bits per heavy atom. The zero-order valence-corrected chi connectivity index (χ0v) is 10.2. The summed E-state index contributed by atoms with van der Waals surface area (Å²) in [7, 11) is -3.20. The molecule has 0 aromatic carbocycles. The third-order valence-corrected chi connectivity index (χ3v) is 5.05. The monoisotopic (exact) mass is 248 g/mol. The Labute approximate surface area is 96.9 Å².